The molecule has 0 fully saturated rings. The van der Waals surface area contributed by atoms with E-state index < -0.39 is 18.1 Å². The first kappa shape index (κ1) is 18.9. The molecule has 7 nitrogen and oxygen atoms in total. The number of benzene rings is 1. The van der Waals surface area contributed by atoms with Crippen molar-refractivity contribution in [2.45, 2.75) is 25.5 Å². The predicted octanol–water partition coefficient (Wildman–Crippen LogP) is -0.916. The summed E-state index contributed by atoms with van der Waals surface area (Å²) in [6.07, 6.45) is -0.517. The number of quaternary nitrogens is 1. The van der Waals surface area contributed by atoms with Gasteiger partial charge in [0, 0.05) is 6.42 Å². The number of halogens is 1. The molecule has 0 aliphatic carbocycles. The third-order valence-corrected chi connectivity index (χ3v) is 3.82. The monoisotopic (exact) mass is 351 g/mol. The van der Waals surface area contributed by atoms with Crippen molar-refractivity contribution in [2.24, 2.45) is 5.16 Å². The summed E-state index contributed by atoms with van der Waals surface area (Å²) in [5.74, 6) is -0.984. The molecule has 0 bridgehead atoms. The number of rotatable bonds is 7. The number of carbonyl (C=O) groups excluding carboxylic acids is 2. The Kier molecular flexibility index (Phi) is 6.46. The number of oxime groups is 1. The van der Waals surface area contributed by atoms with Gasteiger partial charge in [0.15, 0.2) is 0 Å². The van der Waals surface area contributed by atoms with E-state index in [1.165, 1.54) is 17.0 Å². The van der Waals surface area contributed by atoms with E-state index in [1.807, 2.05) is 14.1 Å². The molecule has 0 spiro atoms. The van der Waals surface area contributed by atoms with Crippen molar-refractivity contribution in [2.75, 3.05) is 27.2 Å². The highest BCUT2D eigenvalue weighted by atomic mass is 19.1. The molecule has 2 atom stereocenters. The Morgan fingerprint density at radius 1 is 1.36 bits per heavy atom. The second-order valence-electron chi connectivity index (χ2n) is 6.32. The van der Waals surface area contributed by atoms with E-state index in [-0.39, 0.29) is 18.1 Å². The second kappa shape index (κ2) is 8.57. The quantitative estimate of drug-likeness (QED) is 0.594. The van der Waals surface area contributed by atoms with Crippen LogP contribution in [0.3, 0.4) is 0 Å². The summed E-state index contributed by atoms with van der Waals surface area (Å²) in [5, 5.41) is 9.28. The standard InChI is InChI=1S/C17H23FN4O3/c1-11(16(23)19-8-9-22(2)3)20-17(24)15-10-14(21-25-15)12-4-6-13(18)7-5-12/h4-7,11,15H,8-10H2,1-3H3,(H,19,23)(H,20,24)/p+1/t11-,15+/m1/s1. The van der Waals surface area contributed by atoms with Gasteiger partial charge in [-0.05, 0) is 24.6 Å². The summed E-state index contributed by atoms with van der Waals surface area (Å²) < 4.78 is 13.0. The Morgan fingerprint density at radius 3 is 2.68 bits per heavy atom. The van der Waals surface area contributed by atoms with Gasteiger partial charge < -0.3 is 20.4 Å². The first-order valence-electron chi connectivity index (χ1n) is 8.22. The molecule has 1 aromatic carbocycles. The van der Waals surface area contributed by atoms with Crippen LogP contribution < -0.4 is 15.5 Å². The fourth-order valence-corrected chi connectivity index (χ4v) is 2.29. The van der Waals surface area contributed by atoms with Crippen LogP contribution in [0.25, 0.3) is 0 Å². The normalized spacial score (nSPS) is 17.6. The van der Waals surface area contributed by atoms with Crippen LogP contribution in [-0.4, -0.2) is 56.9 Å². The fourth-order valence-electron chi connectivity index (χ4n) is 2.29. The van der Waals surface area contributed by atoms with Gasteiger partial charge in [0.2, 0.25) is 12.0 Å². The fraction of sp³-hybridized carbons (Fsp3) is 0.471. The lowest BCUT2D eigenvalue weighted by atomic mass is 10.0. The van der Waals surface area contributed by atoms with Crippen molar-refractivity contribution >= 4 is 17.5 Å². The number of nitrogens with zero attached hydrogens (tertiary/aromatic N) is 1. The summed E-state index contributed by atoms with van der Waals surface area (Å²) in [6.45, 7) is 2.96. The van der Waals surface area contributed by atoms with Crippen molar-refractivity contribution in [3.8, 4) is 0 Å². The molecule has 1 aliphatic heterocycles. The van der Waals surface area contributed by atoms with Crippen molar-refractivity contribution in [1.82, 2.24) is 10.6 Å². The van der Waals surface area contributed by atoms with Gasteiger partial charge in [0.1, 0.15) is 11.9 Å². The first-order chi connectivity index (χ1) is 11.9. The molecule has 1 aromatic rings. The highest BCUT2D eigenvalue weighted by Gasteiger charge is 2.30. The number of carbonyl (C=O) groups is 2. The molecule has 8 heteroatoms. The number of nitrogens with one attached hydrogen (secondary N) is 3. The molecular formula is C17H24FN4O3+. The number of hydrogen-bond acceptors (Lipinski definition) is 4. The van der Waals surface area contributed by atoms with Crippen LogP contribution in [0.4, 0.5) is 4.39 Å². The maximum Gasteiger partial charge on any atom is 0.264 e. The number of amides is 2. The maximum atomic E-state index is 13.0. The van der Waals surface area contributed by atoms with Crippen LogP contribution in [-0.2, 0) is 14.4 Å². The Labute approximate surface area is 146 Å². The predicted molar refractivity (Wildman–Crippen MR) is 90.7 cm³/mol. The van der Waals surface area contributed by atoms with Gasteiger partial charge in [-0.3, -0.25) is 9.59 Å². The van der Waals surface area contributed by atoms with E-state index in [1.54, 1.807) is 19.1 Å². The van der Waals surface area contributed by atoms with Crippen LogP contribution in [0, 0.1) is 5.82 Å². The molecule has 2 amide bonds. The van der Waals surface area contributed by atoms with E-state index in [0.29, 0.717) is 17.8 Å². The third kappa shape index (κ3) is 5.53. The van der Waals surface area contributed by atoms with Crippen molar-refractivity contribution < 1.29 is 23.7 Å². The topological polar surface area (TPSA) is 84.2 Å². The van der Waals surface area contributed by atoms with Crippen molar-refractivity contribution in [3.63, 3.8) is 0 Å². The molecular weight excluding hydrogens is 327 g/mol. The lowest BCUT2D eigenvalue weighted by molar-refractivity contribution is -0.856. The van der Waals surface area contributed by atoms with E-state index >= 15 is 0 Å². The minimum atomic E-state index is -0.790. The highest BCUT2D eigenvalue weighted by Crippen LogP contribution is 2.17. The van der Waals surface area contributed by atoms with E-state index in [9.17, 15) is 14.0 Å². The smallest absolute Gasteiger partial charge is 0.264 e. The van der Waals surface area contributed by atoms with Gasteiger partial charge >= 0.3 is 0 Å². The van der Waals surface area contributed by atoms with Gasteiger partial charge in [-0.1, -0.05) is 17.3 Å². The molecule has 0 unspecified atom stereocenters. The summed E-state index contributed by atoms with van der Waals surface area (Å²) >= 11 is 0. The third-order valence-electron chi connectivity index (χ3n) is 3.82. The van der Waals surface area contributed by atoms with Gasteiger partial charge in [-0.2, -0.15) is 0 Å². The van der Waals surface area contributed by atoms with Crippen molar-refractivity contribution in [3.05, 3.63) is 35.6 Å². The summed E-state index contributed by atoms with van der Waals surface area (Å²) in [6, 6.07) is 5.16. The average molecular weight is 351 g/mol. The van der Waals surface area contributed by atoms with Crippen LogP contribution in [0.15, 0.2) is 29.4 Å². The molecule has 0 saturated heterocycles. The molecule has 2 rings (SSSR count). The molecule has 1 aliphatic rings. The Hall–Kier alpha value is -2.48. The van der Waals surface area contributed by atoms with Crippen LogP contribution in [0.5, 0.6) is 0 Å². The first-order valence-corrected chi connectivity index (χ1v) is 8.22. The molecule has 0 saturated carbocycles. The van der Waals surface area contributed by atoms with Crippen LogP contribution in [0.2, 0.25) is 0 Å². The minimum absolute atomic E-state index is 0.243. The van der Waals surface area contributed by atoms with E-state index in [2.05, 4.69) is 15.8 Å². The lowest BCUT2D eigenvalue weighted by Gasteiger charge is -2.16. The zero-order valence-electron chi connectivity index (χ0n) is 14.6. The summed E-state index contributed by atoms with van der Waals surface area (Å²) in [5.41, 5.74) is 1.28. The van der Waals surface area contributed by atoms with Crippen LogP contribution >= 0.6 is 0 Å². The number of likely N-dealkylation sites (N-methyl/N-ethyl adjacent to an activating group) is 1. The largest absolute Gasteiger partial charge is 0.382 e. The minimum Gasteiger partial charge on any atom is -0.382 e. The van der Waals surface area contributed by atoms with Crippen molar-refractivity contribution in [1.29, 1.82) is 0 Å². The Balaban J connectivity index is 1.80. The van der Waals surface area contributed by atoms with Crippen LogP contribution in [0.1, 0.15) is 18.9 Å². The number of hydrogen-bond donors (Lipinski definition) is 3. The van der Waals surface area contributed by atoms with E-state index in [4.69, 9.17) is 4.84 Å². The van der Waals surface area contributed by atoms with Gasteiger partial charge in [-0.15, -0.1) is 0 Å². The molecule has 136 valence electrons. The molecule has 3 N–H and O–H groups in total. The van der Waals surface area contributed by atoms with Gasteiger partial charge in [0.05, 0.1) is 32.9 Å². The molecule has 1 heterocycles. The highest BCUT2D eigenvalue weighted by molar-refractivity contribution is 6.04. The molecule has 25 heavy (non-hydrogen) atoms. The Morgan fingerprint density at radius 2 is 2.04 bits per heavy atom. The summed E-state index contributed by atoms with van der Waals surface area (Å²) in [4.78, 5) is 30.5. The van der Waals surface area contributed by atoms with E-state index in [0.717, 1.165) is 6.54 Å². The summed E-state index contributed by atoms with van der Waals surface area (Å²) in [7, 11) is 3.99. The lowest BCUT2D eigenvalue weighted by Crippen LogP contribution is -3.06. The second-order valence-corrected chi connectivity index (χ2v) is 6.32. The van der Waals surface area contributed by atoms with Gasteiger partial charge in [0.25, 0.3) is 5.91 Å². The molecule has 0 aromatic heterocycles. The zero-order valence-corrected chi connectivity index (χ0v) is 14.6. The zero-order chi connectivity index (χ0) is 18.4. The van der Waals surface area contributed by atoms with Gasteiger partial charge in [-0.25, -0.2) is 4.39 Å². The average Bonchev–Trinajstić information content (AvgIpc) is 3.05. The molecule has 0 radical (unpaired) electrons. The SMILES string of the molecule is C[C@@H](NC(=O)[C@@H]1CC(c2ccc(F)cc2)=NO1)C(=O)NCC[NH+](C)C. The maximum absolute atomic E-state index is 13.0. The Bertz CT molecular complexity index is 646.